The number of amides is 1. The molecule has 5 heteroatoms. The van der Waals surface area contributed by atoms with Crippen molar-refractivity contribution in [3.05, 3.63) is 53.1 Å². The lowest BCUT2D eigenvalue weighted by atomic mass is 10.1. The molecule has 5 nitrogen and oxygen atoms in total. The van der Waals surface area contributed by atoms with E-state index in [9.17, 15) is 4.79 Å². The molecule has 0 heterocycles. The van der Waals surface area contributed by atoms with Gasteiger partial charge in [0.25, 0.3) is 5.91 Å². The van der Waals surface area contributed by atoms with Crippen LogP contribution >= 0.6 is 0 Å². The smallest absolute Gasteiger partial charge is 0.261 e. The Labute approximate surface area is 161 Å². The van der Waals surface area contributed by atoms with Crippen LogP contribution in [0.1, 0.15) is 37.5 Å². The van der Waals surface area contributed by atoms with Crippen molar-refractivity contribution >= 4 is 5.91 Å². The van der Waals surface area contributed by atoms with Gasteiger partial charge in [-0.1, -0.05) is 18.2 Å². The molecule has 0 saturated carbocycles. The predicted molar refractivity (Wildman–Crippen MR) is 107 cm³/mol. The third-order valence-corrected chi connectivity index (χ3v) is 4.29. The third kappa shape index (κ3) is 5.64. The Hall–Kier alpha value is -2.69. The number of hydrogen-bond acceptors (Lipinski definition) is 4. The van der Waals surface area contributed by atoms with Crippen molar-refractivity contribution < 1.29 is 19.0 Å². The second kappa shape index (κ2) is 9.31. The van der Waals surface area contributed by atoms with E-state index in [1.807, 2.05) is 64.1 Å². The van der Waals surface area contributed by atoms with E-state index in [-0.39, 0.29) is 12.0 Å². The monoisotopic (exact) mass is 371 g/mol. The van der Waals surface area contributed by atoms with E-state index in [1.165, 1.54) is 0 Å². The maximum atomic E-state index is 12.4. The standard InChI is InChI=1S/C22H29NO4/c1-14(2)26-20-11-10-18(12-21(20)25-6)13-23-22(24)17(5)27-19-9-7-8-15(3)16(19)4/h7-12,14,17H,13H2,1-6H3,(H,23,24)/t17-/m0/s1. The first-order valence-corrected chi connectivity index (χ1v) is 9.16. The lowest BCUT2D eigenvalue weighted by Crippen LogP contribution is -2.36. The summed E-state index contributed by atoms with van der Waals surface area (Å²) in [5, 5.41) is 2.90. The molecule has 146 valence electrons. The SMILES string of the molecule is COc1cc(CNC(=O)[C@H](C)Oc2cccc(C)c2C)ccc1OC(C)C. The normalized spacial score (nSPS) is 11.8. The average molecular weight is 371 g/mol. The fourth-order valence-electron chi connectivity index (χ4n) is 2.60. The maximum Gasteiger partial charge on any atom is 0.261 e. The Bertz CT molecular complexity index is 786. The zero-order valence-corrected chi connectivity index (χ0v) is 17.0. The van der Waals surface area contributed by atoms with Crippen LogP contribution in [0.4, 0.5) is 0 Å². The number of hydrogen-bond donors (Lipinski definition) is 1. The molecule has 0 aromatic heterocycles. The van der Waals surface area contributed by atoms with Crippen LogP contribution < -0.4 is 19.5 Å². The van der Waals surface area contributed by atoms with Gasteiger partial charge < -0.3 is 19.5 Å². The summed E-state index contributed by atoms with van der Waals surface area (Å²) in [6.45, 7) is 10.1. The number of ether oxygens (including phenoxy) is 3. The van der Waals surface area contributed by atoms with Crippen molar-refractivity contribution in [2.24, 2.45) is 0 Å². The predicted octanol–water partition coefficient (Wildman–Crippen LogP) is 4.18. The molecule has 0 bridgehead atoms. The van der Waals surface area contributed by atoms with Gasteiger partial charge in [0.2, 0.25) is 0 Å². The Balaban J connectivity index is 1.97. The number of nitrogens with one attached hydrogen (secondary N) is 1. The van der Waals surface area contributed by atoms with Crippen LogP contribution in [-0.4, -0.2) is 25.2 Å². The van der Waals surface area contributed by atoms with Gasteiger partial charge in [-0.2, -0.15) is 0 Å². The summed E-state index contributed by atoms with van der Waals surface area (Å²) in [7, 11) is 1.60. The molecule has 0 aliphatic heterocycles. The largest absolute Gasteiger partial charge is 0.493 e. The van der Waals surface area contributed by atoms with Gasteiger partial charge in [-0.3, -0.25) is 4.79 Å². The highest BCUT2D eigenvalue weighted by molar-refractivity contribution is 5.80. The molecule has 1 amide bonds. The van der Waals surface area contributed by atoms with Crippen LogP contribution in [0.15, 0.2) is 36.4 Å². The number of rotatable bonds is 8. The van der Waals surface area contributed by atoms with Crippen LogP contribution in [0.5, 0.6) is 17.2 Å². The van der Waals surface area contributed by atoms with E-state index < -0.39 is 6.10 Å². The van der Waals surface area contributed by atoms with Crippen molar-refractivity contribution in [1.29, 1.82) is 0 Å². The van der Waals surface area contributed by atoms with Crippen molar-refractivity contribution in [2.75, 3.05) is 7.11 Å². The van der Waals surface area contributed by atoms with Crippen LogP contribution in [-0.2, 0) is 11.3 Å². The molecule has 27 heavy (non-hydrogen) atoms. The van der Waals surface area contributed by atoms with Crippen LogP contribution in [0.2, 0.25) is 0 Å². The second-order valence-electron chi connectivity index (χ2n) is 6.83. The highest BCUT2D eigenvalue weighted by Gasteiger charge is 2.16. The van der Waals surface area contributed by atoms with Crippen molar-refractivity contribution in [2.45, 2.75) is 53.4 Å². The van der Waals surface area contributed by atoms with Crippen molar-refractivity contribution in [1.82, 2.24) is 5.32 Å². The van der Waals surface area contributed by atoms with E-state index >= 15 is 0 Å². The van der Waals surface area contributed by atoms with Crippen LogP contribution in [0, 0.1) is 13.8 Å². The number of aryl methyl sites for hydroxylation is 1. The highest BCUT2D eigenvalue weighted by atomic mass is 16.5. The first kappa shape index (κ1) is 20.6. The van der Waals surface area contributed by atoms with Crippen LogP contribution in [0.3, 0.4) is 0 Å². The minimum absolute atomic E-state index is 0.0625. The topological polar surface area (TPSA) is 56.8 Å². The molecule has 0 radical (unpaired) electrons. The molecule has 1 atom stereocenters. The molecule has 2 aromatic rings. The zero-order chi connectivity index (χ0) is 20.0. The van der Waals surface area contributed by atoms with E-state index in [2.05, 4.69) is 5.32 Å². The van der Waals surface area contributed by atoms with Gasteiger partial charge in [0.15, 0.2) is 17.6 Å². The molecule has 0 unspecified atom stereocenters. The van der Waals surface area contributed by atoms with Crippen LogP contribution in [0.25, 0.3) is 0 Å². The van der Waals surface area contributed by atoms with E-state index in [1.54, 1.807) is 14.0 Å². The second-order valence-corrected chi connectivity index (χ2v) is 6.83. The van der Waals surface area contributed by atoms with E-state index in [4.69, 9.17) is 14.2 Å². The first-order valence-electron chi connectivity index (χ1n) is 9.16. The number of carbonyl (C=O) groups excluding carboxylic acids is 1. The summed E-state index contributed by atoms with van der Waals surface area (Å²) in [4.78, 5) is 12.4. The summed E-state index contributed by atoms with van der Waals surface area (Å²) >= 11 is 0. The fourth-order valence-corrected chi connectivity index (χ4v) is 2.60. The minimum Gasteiger partial charge on any atom is -0.493 e. The van der Waals surface area contributed by atoms with Crippen molar-refractivity contribution in [3.63, 3.8) is 0 Å². The molecule has 2 rings (SSSR count). The van der Waals surface area contributed by atoms with Gasteiger partial charge in [0.05, 0.1) is 13.2 Å². The minimum atomic E-state index is -0.587. The Morgan fingerprint density at radius 2 is 1.74 bits per heavy atom. The Morgan fingerprint density at radius 3 is 2.41 bits per heavy atom. The molecule has 0 fully saturated rings. The zero-order valence-electron chi connectivity index (χ0n) is 17.0. The number of benzene rings is 2. The van der Waals surface area contributed by atoms with Gasteiger partial charge in [0, 0.05) is 6.54 Å². The molecule has 0 aliphatic rings. The lowest BCUT2D eigenvalue weighted by Gasteiger charge is -2.18. The van der Waals surface area contributed by atoms with Gasteiger partial charge >= 0.3 is 0 Å². The molecule has 0 spiro atoms. The van der Waals surface area contributed by atoms with Gasteiger partial charge in [0.1, 0.15) is 5.75 Å². The van der Waals surface area contributed by atoms with Gasteiger partial charge in [-0.05, 0) is 69.5 Å². The Kier molecular flexibility index (Phi) is 7.11. The van der Waals surface area contributed by atoms with Crippen molar-refractivity contribution in [3.8, 4) is 17.2 Å². The summed E-state index contributed by atoms with van der Waals surface area (Å²) < 4.78 is 16.9. The summed E-state index contributed by atoms with van der Waals surface area (Å²) in [6.07, 6.45) is -0.525. The first-order chi connectivity index (χ1) is 12.8. The maximum absolute atomic E-state index is 12.4. The molecule has 1 N–H and O–H groups in total. The molecule has 2 aromatic carbocycles. The Morgan fingerprint density at radius 1 is 1.00 bits per heavy atom. The third-order valence-electron chi connectivity index (χ3n) is 4.29. The van der Waals surface area contributed by atoms with E-state index in [0.29, 0.717) is 18.0 Å². The molecule has 0 saturated heterocycles. The average Bonchev–Trinajstić information content (AvgIpc) is 2.63. The lowest BCUT2D eigenvalue weighted by molar-refractivity contribution is -0.127. The summed E-state index contributed by atoms with van der Waals surface area (Å²) in [6, 6.07) is 11.5. The molecular weight excluding hydrogens is 342 g/mol. The highest BCUT2D eigenvalue weighted by Crippen LogP contribution is 2.29. The number of carbonyl (C=O) groups is 1. The molecular formula is C22H29NO4. The fraction of sp³-hybridized carbons (Fsp3) is 0.409. The van der Waals surface area contributed by atoms with Gasteiger partial charge in [-0.15, -0.1) is 0 Å². The van der Waals surface area contributed by atoms with E-state index in [0.717, 1.165) is 22.4 Å². The number of methoxy groups -OCH3 is 1. The summed E-state index contributed by atoms with van der Waals surface area (Å²) in [5.74, 6) is 1.90. The quantitative estimate of drug-likeness (QED) is 0.756. The summed E-state index contributed by atoms with van der Waals surface area (Å²) in [5.41, 5.74) is 3.11. The van der Waals surface area contributed by atoms with Gasteiger partial charge in [-0.25, -0.2) is 0 Å². The molecule has 0 aliphatic carbocycles.